The van der Waals surface area contributed by atoms with Crippen LogP contribution in [-0.2, 0) is 0 Å². The predicted octanol–water partition coefficient (Wildman–Crippen LogP) is 1.30. The molecule has 1 fully saturated rings. The van der Waals surface area contributed by atoms with Crippen LogP contribution >= 0.6 is 11.8 Å². The molecule has 0 aliphatic heterocycles. The second-order valence-corrected chi connectivity index (χ2v) is 5.86. The van der Waals surface area contributed by atoms with Gasteiger partial charge in [0.05, 0.1) is 11.3 Å². The number of hydrazine groups is 1. The van der Waals surface area contributed by atoms with Gasteiger partial charge in [-0.1, -0.05) is 0 Å². The molecule has 0 atom stereocenters. The van der Waals surface area contributed by atoms with Gasteiger partial charge in [-0.3, -0.25) is 15.6 Å². The first-order chi connectivity index (χ1) is 8.60. The van der Waals surface area contributed by atoms with Crippen LogP contribution in [-0.4, -0.2) is 28.4 Å². The van der Waals surface area contributed by atoms with Gasteiger partial charge < -0.3 is 10.7 Å². The fourth-order valence-electron chi connectivity index (χ4n) is 1.79. The van der Waals surface area contributed by atoms with Gasteiger partial charge in [0, 0.05) is 23.2 Å². The second-order valence-electron chi connectivity index (χ2n) is 4.59. The monoisotopic (exact) mass is 266 g/mol. The summed E-state index contributed by atoms with van der Waals surface area (Å²) in [6.45, 7) is 2.56. The Morgan fingerprint density at radius 3 is 2.89 bits per heavy atom. The average Bonchev–Trinajstić information content (AvgIpc) is 3.16. The Labute approximate surface area is 111 Å². The van der Waals surface area contributed by atoms with Crippen LogP contribution in [0.15, 0.2) is 12.3 Å². The van der Waals surface area contributed by atoms with Gasteiger partial charge in [-0.25, -0.2) is 0 Å². The highest BCUT2D eigenvalue weighted by Crippen LogP contribution is 2.46. The van der Waals surface area contributed by atoms with E-state index in [2.05, 4.69) is 22.0 Å². The predicted molar refractivity (Wildman–Crippen MR) is 74.6 cm³/mol. The molecule has 18 heavy (non-hydrogen) atoms. The van der Waals surface area contributed by atoms with E-state index >= 15 is 0 Å². The molecule has 0 aromatic carbocycles. The SMILES string of the molecule is CSC1(CNC(=O)c2cnc(C)cc2NN)CC1. The van der Waals surface area contributed by atoms with Crippen molar-refractivity contribution < 1.29 is 4.79 Å². The van der Waals surface area contributed by atoms with E-state index in [1.54, 1.807) is 12.3 Å². The van der Waals surface area contributed by atoms with E-state index in [4.69, 9.17) is 5.84 Å². The molecule has 5 nitrogen and oxygen atoms in total. The fourth-order valence-corrected chi connectivity index (χ4v) is 2.52. The topological polar surface area (TPSA) is 80.0 Å². The zero-order valence-electron chi connectivity index (χ0n) is 10.6. The van der Waals surface area contributed by atoms with Crippen molar-refractivity contribution >= 4 is 23.4 Å². The van der Waals surface area contributed by atoms with Gasteiger partial charge in [-0.2, -0.15) is 11.8 Å². The Bertz CT molecular complexity index is 459. The lowest BCUT2D eigenvalue weighted by molar-refractivity contribution is 0.0953. The number of aryl methyl sites for hydroxylation is 1. The summed E-state index contributed by atoms with van der Waals surface area (Å²) in [4.78, 5) is 16.2. The highest BCUT2D eigenvalue weighted by molar-refractivity contribution is 8.00. The van der Waals surface area contributed by atoms with Crippen LogP contribution in [0, 0.1) is 6.92 Å². The second kappa shape index (κ2) is 5.16. The summed E-state index contributed by atoms with van der Waals surface area (Å²) in [5.74, 6) is 5.29. The van der Waals surface area contributed by atoms with Gasteiger partial charge in [0.2, 0.25) is 0 Å². The molecule has 1 aromatic heterocycles. The quantitative estimate of drug-likeness (QED) is 0.553. The number of hydrogen-bond donors (Lipinski definition) is 3. The first-order valence-corrected chi connectivity index (χ1v) is 7.09. The van der Waals surface area contributed by atoms with E-state index in [0.717, 1.165) is 5.69 Å². The number of anilines is 1. The zero-order chi connectivity index (χ0) is 13.2. The standard InChI is InChI=1S/C12H18N4OS/c1-8-5-10(16-13)9(6-14-8)11(17)15-7-12(18-2)3-4-12/h5-6H,3-4,7,13H2,1-2H3,(H,14,16)(H,15,17). The highest BCUT2D eigenvalue weighted by atomic mass is 32.2. The van der Waals surface area contributed by atoms with Crippen molar-refractivity contribution in [3.05, 3.63) is 23.5 Å². The molecule has 0 spiro atoms. The molecule has 6 heteroatoms. The van der Waals surface area contributed by atoms with E-state index in [1.807, 2.05) is 18.7 Å². The molecule has 0 radical (unpaired) electrons. The zero-order valence-corrected chi connectivity index (χ0v) is 11.4. The number of nitrogens with zero attached hydrogens (tertiary/aromatic N) is 1. The smallest absolute Gasteiger partial charge is 0.255 e. The summed E-state index contributed by atoms with van der Waals surface area (Å²) < 4.78 is 0.254. The summed E-state index contributed by atoms with van der Waals surface area (Å²) in [6.07, 6.45) is 5.98. The molecular formula is C12H18N4OS. The summed E-state index contributed by atoms with van der Waals surface area (Å²) in [6, 6.07) is 1.76. The molecule has 98 valence electrons. The van der Waals surface area contributed by atoms with E-state index < -0.39 is 0 Å². The van der Waals surface area contributed by atoms with Gasteiger partial charge in [0.1, 0.15) is 0 Å². The maximum atomic E-state index is 12.1. The molecule has 2 rings (SSSR count). The molecular weight excluding hydrogens is 248 g/mol. The molecule has 1 aliphatic carbocycles. The summed E-state index contributed by atoms with van der Waals surface area (Å²) >= 11 is 1.82. The van der Waals surface area contributed by atoms with E-state index in [0.29, 0.717) is 17.8 Å². The Kier molecular flexibility index (Phi) is 3.77. The number of rotatable bonds is 5. The van der Waals surface area contributed by atoms with Crippen molar-refractivity contribution in [1.82, 2.24) is 10.3 Å². The minimum Gasteiger partial charge on any atom is -0.351 e. The number of hydrogen-bond acceptors (Lipinski definition) is 5. The number of aromatic nitrogens is 1. The van der Waals surface area contributed by atoms with E-state index in [9.17, 15) is 4.79 Å². The highest BCUT2D eigenvalue weighted by Gasteiger charge is 2.42. The normalized spacial score (nSPS) is 16.2. The van der Waals surface area contributed by atoms with Crippen LogP contribution < -0.4 is 16.6 Å². The largest absolute Gasteiger partial charge is 0.351 e. The third-order valence-corrected chi connectivity index (χ3v) is 4.67. The van der Waals surface area contributed by atoms with Crippen LogP contribution in [0.5, 0.6) is 0 Å². The molecule has 1 amide bonds. The average molecular weight is 266 g/mol. The van der Waals surface area contributed by atoms with Gasteiger partial charge >= 0.3 is 0 Å². The van der Waals surface area contributed by atoms with Crippen molar-refractivity contribution in [1.29, 1.82) is 0 Å². The third-order valence-electron chi connectivity index (χ3n) is 3.25. The number of nitrogens with two attached hydrogens (primary N) is 1. The first kappa shape index (κ1) is 13.2. The van der Waals surface area contributed by atoms with Crippen LogP contribution in [0.1, 0.15) is 28.9 Å². The maximum absolute atomic E-state index is 12.1. The third kappa shape index (κ3) is 2.76. The summed E-state index contributed by atoms with van der Waals surface area (Å²) in [5.41, 5.74) is 4.45. The van der Waals surface area contributed by atoms with Crippen molar-refractivity contribution in [2.75, 3.05) is 18.2 Å². The number of thioether (sulfide) groups is 1. The summed E-state index contributed by atoms with van der Waals surface area (Å²) in [5, 5.41) is 2.95. The van der Waals surface area contributed by atoms with Crippen LogP contribution in [0.2, 0.25) is 0 Å². The Morgan fingerprint density at radius 2 is 2.33 bits per heavy atom. The molecule has 4 N–H and O–H groups in total. The number of nitrogens with one attached hydrogen (secondary N) is 2. The fraction of sp³-hybridized carbons (Fsp3) is 0.500. The van der Waals surface area contributed by atoms with Crippen LogP contribution in [0.3, 0.4) is 0 Å². The molecule has 1 aliphatic rings. The van der Waals surface area contributed by atoms with Gasteiger partial charge in [0.25, 0.3) is 5.91 Å². The number of carbonyl (C=O) groups excluding carboxylic acids is 1. The van der Waals surface area contributed by atoms with Crippen LogP contribution in [0.4, 0.5) is 5.69 Å². The van der Waals surface area contributed by atoms with Gasteiger partial charge in [-0.05, 0) is 32.1 Å². The summed E-state index contributed by atoms with van der Waals surface area (Å²) in [7, 11) is 0. The van der Waals surface area contributed by atoms with E-state index in [-0.39, 0.29) is 10.7 Å². The van der Waals surface area contributed by atoms with Crippen molar-refractivity contribution in [2.45, 2.75) is 24.5 Å². The molecule has 0 bridgehead atoms. The minimum atomic E-state index is -0.129. The Balaban J connectivity index is 2.04. The molecule has 0 unspecified atom stereocenters. The van der Waals surface area contributed by atoms with E-state index in [1.165, 1.54) is 12.8 Å². The molecule has 1 aromatic rings. The van der Waals surface area contributed by atoms with Crippen molar-refractivity contribution in [3.63, 3.8) is 0 Å². The Morgan fingerprint density at radius 1 is 1.61 bits per heavy atom. The first-order valence-electron chi connectivity index (χ1n) is 5.87. The molecule has 1 saturated carbocycles. The molecule has 1 heterocycles. The number of pyridine rings is 1. The Hall–Kier alpha value is -1.27. The van der Waals surface area contributed by atoms with Gasteiger partial charge in [0.15, 0.2) is 0 Å². The number of amides is 1. The van der Waals surface area contributed by atoms with Crippen molar-refractivity contribution in [3.8, 4) is 0 Å². The maximum Gasteiger partial charge on any atom is 0.255 e. The number of nitrogen functional groups attached to an aromatic ring is 1. The molecule has 0 saturated heterocycles. The van der Waals surface area contributed by atoms with Crippen LogP contribution in [0.25, 0.3) is 0 Å². The van der Waals surface area contributed by atoms with Gasteiger partial charge in [-0.15, -0.1) is 0 Å². The van der Waals surface area contributed by atoms with Crippen molar-refractivity contribution in [2.24, 2.45) is 5.84 Å². The lowest BCUT2D eigenvalue weighted by Gasteiger charge is -2.14. The minimum absolute atomic E-state index is 0.129. The lowest BCUT2D eigenvalue weighted by atomic mass is 10.2. The number of carbonyl (C=O) groups is 1. The lowest BCUT2D eigenvalue weighted by Crippen LogP contribution is -2.32.